The van der Waals surface area contributed by atoms with Crippen molar-refractivity contribution in [3.8, 4) is 0 Å². The van der Waals surface area contributed by atoms with Crippen LogP contribution in [0.4, 0.5) is 5.69 Å². The monoisotopic (exact) mass is 367 g/mol. The molecular weight excluding hydrogens is 350 g/mol. The molecule has 5 atom stereocenters. The van der Waals surface area contributed by atoms with Gasteiger partial charge in [0.05, 0.1) is 17.1 Å². The number of aryl methyl sites for hydroxylation is 1. The summed E-state index contributed by atoms with van der Waals surface area (Å²) in [5, 5.41) is 51.3. The number of nitro benzene ring substituents is 1. The van der Waals surface area contributed by atoms with Crippen LogP contribution in [-0.2, 0) is 4.74 Å². The number of nitro groups is 1. The minimum Gasteiger partial charge on any atom is -0.415 e. The average Bonchev–Trinajstić information content (AvgIpc) is 2.58. The van der Waals surface area contributed by atoms with Gasteiger partial charge < -0.3 is 29.6 Å². The Bertz CT molecular complexity index is 906. The molecule has 0 unspecified atom stereocenters. The van der Waals surface area contributed by atoms with Crippen molar-refractivity contribution in [1.82, 2.24) is 0 Å². The van der Waals surface area contributed by atoms with Crippen molar-refractivity contribution in [2.45, 2.75) is 37.4 Å². The molecule has 26 heavy (non-hydrogen) atoms. The van der Waals surface area contributed by atoms with Gasteiger partial charge >= 0.3 is 11.3 Å². The Morgan fingerprint density at radius 3 is 2.50 bits per heavy atom. The van der Waals surface area contributed by atoms with Crippen molar-refractivity contribution in [3.05, 3.63) is 49.9 Å². The van der Waals surface area contributed by atoms with Crippen LogP contribution in [-0.4, -0.2) is 56.4 Å². The van der Waals surface area contributed by atoms with Gasteiger partial charge in [-0.05, 0) is 18.6 Å². The van der Waals surface area contributed by atoms with E-state index in [1.807, 2.05) is 0 Å². The lowest BCUT2D eigenvalue weighted by Crippen LogP contribution is -2.55. The highest BCUT2D eigenvalue weighted by Gasteiger charge is 2.46. The van der Waals surface area contributed by atoms with Crippen LogP contribution in [0, 0.1) is 17.0 Å². The number of benzene rings is 1. The first-order chi connectivity index (χ1) is 12.3. The maximum absolute atomic E-state index is 11.6. The number of nitrogens with zero attached hydrogens (tertiary/aromatic N) is 1. The number of rotatable bonds is 3. The van der Waals surface area contributed by atoms with Crippen molar-refractivity contribution >= 4 is 16.7 Å². The van der Waals surface area contributed by atoms with Gasteiger partial charge in [0.15, 0.2) is 0 Å². The standard InChI is InChI=1S/C16H17NO9/c1-6-4-10(19)26-15-7(6)2-3-8(11(15)17(23)24)16-14(22)13(21)12(20)9(5-18)25-16/h2-4,9,12-14,16,18,20-22H,5H2,1H3/t9-,12-,13+,14-,16+/m1/s1. The average molecular weight is 367 g/mol. The third-order valence-corrected chi connectivity index (χ3v) is 4.51. The van der Waals surface area contributed by atoms with Crippen LogP contribution in [0.25, 0.3) is 11.0 Å². The summed E-state index contributed by atoms with van der Waals surface area (Å²) in [7, 11) is 0. The second kappa shape index (κ2) is 6.74. The van der Waals surface area contributed by atoms with Gasteiger partial charge in [0.2, 0.25) is 5.58 Å². The first-order valence-corrected chi connectivity index (χ1v) is 7.78. The summed E-state index contributed by atoms with van der Waals surface area (Å²) in [6, 6.07) is 3.98. The van der Waals surface area contributed by atoms with E-state index >= 15 is 0 Å². The zero-order valence-corrected chi connectivity index (χ0v) is 13.6. The lowest BCUT2D eigenvalue weighted by Gasteiger charge is -2.40. The van der Waals surface area contributed by atoms with Crippen LogP contribution in [0.15, 0.2) is 27.4 Å². The molecule has 10 heteroatoms. The maximum Gasteiger partial charge on any atom is 0.336 e. The van der Waals surface area contributed by atoms with Crippen LogP contribution >= 0.6 is 0 Å². The maximum atomic E-state index is 11.6. The zero-order valence-electron chi connectivity index (χ0n) is 13.6. The highest BCUT2D eigenvalue weighted by atomic mass is 16.6. The summed E-state index contributed by atoms with van der Waals surface area (Å²) >= 11 is 0. The number of hydrogen-bond acceptors (Lipinski definition) is 9. The summed E-state index contributed by atoms with van der Waals surface area (Å²) < 4.78 is 10.4. The predicted molar refractivity (Wildman–Crippen MR) is 86.6 cm³/mol. The molecule has 1 aromatic heterocycles. The van der Waals surface area contributed by atoms with Crippen molar-refractivity contribution in [3.63, 3.8) is 0 Å². The van der Waals surface area contributed by atoms with E-state index in [4.69, 9.17) is 9.15 Å². The number of aliphatic hydroxyl groups excluding tert-OH is 4. The Balaban J connectivity index is 2.23. The summed E-state index contributed by atoms with van der Waals surface area (Å²) in [5.41, 5.74) is -1.32. The first kappa shape index (κ1) is 18.4. The molecule has 1 aromatic carbocycles. The molecule has 10 nitrogen and oxygen atoms in total. The van der Waals surface area contributed by atoms with Crippen LogP contribution in [0.1, 0.15) is 17.2 Å². The van der Waals surface area contributed by atoms with Gasteiger partial charge in [0.1, 0.15) is 30.5 Å². The first-order valence-electron chi connectivity index (χ1n) is 7.78. The van der Waals surface area contributed by atoms with Crippen LogP contribution in [0.5, 0.6) is 0 Å². The Morgan fingerprint density at radius 2 is 1.88 bits per heavy atom. The molecule has 0 spiro atoms. The second-order valence-electron chi connectivity index (χ2n) is 6.14. The summed E-state index contributed by atoms with van der Waals surface area (Å²) in [6.45, 7) is 0.924. The number of hydrogen-bond donors (Lipinski definition) is 4. The van der Waals surface area contributed by atoms with Crippen molar-refractivity contribution in [2.24, 2.45) is 0 Å². The molecule has 1 aliphatic rings. The van der Waals surface area contributed by atoms with Crippen molar-refractivity contribution < 1.29 is 34.5 Å². The molecular formula is C16H17NO9. The molecule has 0 radical (unpaired) electrons. The van der Waals surface area contributed by atoms with Crippen LogP contribution in [0.3, 0.4) is 0 Å². The van der Waals surface area contributed by atoms with Crippen molar-refractivity contribution in [1.29, 1.82) is 0 Å². The molecule has 2 heterocycles. The van der Waals surface area contributed by atoms with E-state index in [9.17, 15) is 35.3 Å². The van der Waals surface area contributed by atoms with Crippen molar-refractivity contribution in [2.75, 3.05) is 6.61 Å². The SMILES string of the molecule is Cc1cc(=O)oc2c([N+](=O)[O-])c([C@@H]3O[C@H](CO)[C@@H](O)[C@H](O)[C@H]3O)ccc12. The molecule has 0 saturated carbocycles. The quantitative estimate of drug-likeness (QED) is 0.319. The molecule has 4 N–H and O–H groups in total. The van der Waals surface area contributed by atoms with Crippen LogP contribution < -0.4 is 5.63 Å². The Kier molecular flexibility index (Phi) is 4.78. The fourth-order valence-electron chi connectivity index (χ4n) is 3.16. The summed E-state index contributed by atoms with van der Waals surface area (Å²) in [6.07, 6.45) is -7.61. The largest absolute Gasteiger partial charge is 0.415 e. The zero-order chi connectivity index (χ0) is 19.2. The normalized spacial score (nSPS) is 29.0. The highest BCUT2D eigenvalue weighted by molar-refractivity contribution is 5.89. The highest BCUT2D eigenvalue weighted by Crippen LogP contribution is 2.40. The molecule has 1 aliphatic heterocycles. The van der Waals surface area contributed by atoms with E-state index in [0.29, 0.717) is 10.9 Å². The van der Waals surface area contributed by atoms with E-state index in [-0.39, 0.29) is 11.1 Å². The molecule has 0 amide bonds. The fourth-order valence-corrected chi connectivity index (χ4v) is 3.16. The van der Waals surface area contributed by atoms with Gasteiger partial charge in [-0.1, -0.05) is 6.07 Å². The fraction of sp³-hybridized carbons (Fsp3) is 0.438. The number of ether oxygens (including phenoxy) is 1. The molecule has 2 aromatic rings. The van der Waals surface area contributed by atoms with Gasteiger partial charge in [0, 0.05) is 11.5 Å². The topological polar surface area (TPSA) is 164 Å². The Labute approximate surface area is 146 Å². The number of aliphatic hydroxyl groups is 4. The van der Waals surface area contributed by atoms with Gasteiger partial charge in [-0.2, -0.15) is 0 Å². The molecule has 0 bridgehead atoms. The van der Waals surface area contributed by atoms with Gasteiger partial charge in [-0.3, -0.25) is 10.1 Å². The minimum atomic E-state index is -1.69. The van der Waals surface area contributed by atoms with Crippen LogP contribution in [0.2, 0.25) is 0 Å². The summed E-state index contributed by atoms with van der Waals surface area (Å²) in [4.78, 5) is 22.5. The minimum absolute atomic E-state index is 0.145. The van der Waals surface area contributed by atoms with E-state index in [2.05, 4.69) is 0 Å². The lowest BCUT2D eigenvalue weighted by molar-refractivity contribution is -0.385. The molecule has 1 fully saturated rings. The molecule has 140 valence electrons. The second-order valence-corrected chi connectivity index (χ2v) is 6.14. The molecule has 3 rings (SSSR count). The third kappa shape index (κ3) is 2.87. The Morgan fingerprint density at radius 1 is 1.19 bits per heavy atom. The Hall–Kier alpha value is -2.37. The molecule has 0 aliphatic carbocycles. The smallest absolute Gasteiger partial charge is 0.336 e. The van der Waals surface area contributed by atoms with E-state index in [1.54, 1.807) is 6.92 Å². The third-order valence-electron chi connectivity index (χ3n) is 4.51. The van der Waals surface area contributed by atoms with Gasteiger partial charge in [0.25, 0.3) is 0 Å². The molecule has 1 saturated heterocycles. The van der Waals surface area contributed by atoms with Gasteiger partial charge in [-0.25, -0.2) is 4.79 Å². The van der Waals surface area contributed by atoms with E-state index in [1.165, 1.54) is 18.2 Å². The number of fused-ring (bicyclic) bond motifs is 1. The van der Waals surface area contributed by atoms with E-state index < -0.39 is 53.4 Å². The van der Waals surface area contributed by atoms with Gasteiger partial charge in [-0.15, -0.1) is 0 Å². The lowest BCUT2D eigenvalue weighted by atomic mass is 9.90. The summed E-state index contributed by atoms with van der Waals surface area (Å²) in [5.74, 6) is 0. The predicted octanol–water partition coefficient (Wildman–Crippen LogP) is -0.475. The van der Waals surface area contributed by atoms with E-state index in [0.717, 1.165) is 0 Å².